The van der Waals surface area contributed by atoms with E-state index in [9.17, 15) is 13.2 Å². The summed E-state index contributed by atoms with van der Waals surface area (Å²) in [5.41, 5.74) is 0.364. The molecule has 2 aromatic carbocycles. The summed E-state index contributed by atoms with van der Waals surface area (Å²) >= 11 is 0. The fraction of sp³-hybridized carbons (Fsp3) is 0.278. The van der Waals surface area contributed by atoms with E-state index >= 15 is 0 Å². The number of hydrogen-bond acceptors (Lipinski definition) is 5. The van der Waals surface area contributed by atoms with Crippen molar-refractivity contribution in [2.75, 3.05) is 17.2 Å². The lowest BCUT2D eigenvalue weighted by molar-refractivity contribution is -0.144. The Hall–Kier alpha value is -2.54. The Kier molecular flexibility index (Phi) is 6.03. The van der Waals surface area contributed by atoms with Crippen LogP contribution in [-0.2, 0) is 19.6 Å². The van der Waals surface area contributed by atoms with Gasteiger partial charge in [-0.1, -0.05) is 18.2 Å². The highest BCUT2D eigenvalue weighted by Crippen LogP contribution is 2.27. The van der Waals surface area contributed by atoms with E-state index in [2.05, 4.69) is 0 Å². The third-order valence-electron chi connectivity index (χ3n) is 3.41. The van der Waals surface area contributed by atoms with Gasteiger partial charge in [-0.05, 0) is 50.2 Å². The van der Waals surface area contributed by atoms with Crippen molar-refractivity contribution in [3.05, 3.63) is 54.6 Å². The number of carbonyl (C=O) groups is 1. The second-order valence-corrected chi connectivity index (χ2v) is 7.26. The van der Waals surface area contributed by atoms with E-state index in [-0.39, 0.29) is 6.61 Å². The molecule has 7 heteroatoms. The molecule has 0 radical (unpaired) electrons. The molecule has 0 aliphatic carbocycles. The molecule has 0 bridgehead atoms. The Bertz CT molecular complexity index is 803. The molecule has 0 amide bonds. The second kappa shape index (κ2) is 8.02. The summed E-state index contributed by atoms with van der Waals surface area (Å²) in [6.07, 6.45) is 1.05. The van der Waals surface area contributed by atoms with Gasteiger partial charge in [0, 0.05) is 0 Å². The van der Waals surface area contributed by atoms with Crippen LogP contribution in [0.25, 0.3) is 0 Å². The molecule has 1 atom stereocenters. The van der Waals surface area contributed by atoms with E-state index in [4.69, 9.17) is 9.47 Å². The van der Waals surface area contributed by atoms with Gasteiger partial charge in [0.05, 0.1) is 18.6 Å². The smallest absolute Gasteiger partial charge is 0.329 e. The Labute approximate surface area is 148 Å². The lowest BCUT2D eigenvalue weighted by Crippen LogP contribution is -2.43. The predicted octanol–water partition coefficient (Wildman–Crippen LogP) is 3.20. The minimum Gasteiger partial charge on any atom is -0.464 e. The molecule has 1 unspecified atom stereocenters. The van der Waals surface area contributed by atoms with E-state index in [0.29, 0.717) is 17.2 Å². The number of benzene rings is 2. The quantitative estimate of drug-likeness (QED) is 0.707. The molecular formula is C18H21NO5S. The van der Waals surface area contributed by atoms with Gasteiger partial charge >= 0.3 is 5.97 Å². The summed E-state index contributed by atoms with van der Waals surface area (Å²) in [5, 5.41) is 0. The molecule has 0 aliphatic heterocycles. The molecule has 0 aromatic heterocycles. The first kappa shape index (κ1) is 18.8. The summed E-state index contributed by atoms with van der Waals surface area (Å²) in [7, 11) is -3.66. The van der Waals surface area contributed by atoms with Gasteiger partial charge < -0.3 is 9.47 Å². The van der Waals surface area contributed by atoms with Gasteiger partial charge in [0.1, 0.15) is 17.5 Å². The van der Waals surface area contributed by atoms with Crippen LogP contribution in [0.5, 0.6) is 11.5 Å². The van der Waals surface area contributed by atoms with Crippen LogP contribution >= 0.6 is 0 Å². The highest BCUT2D eigenvalue weighted by molar-refractivity contribution is 7.92. The van der Waals surface area contributed by atoms with Crippen LogP contribution in [0.1, 0.15) is 13.8 Å². The van der Waals surface area contributed by atoms with Crippen molar-refractivity contribution >= 4 is 21.7 Å². The van der Waals surface area contributed by atoms with E-state index in [0.717, 1.165) is 10.6 Å². The third kappa shape index (κ3) is 4.96. The van der Waals surface area contributed by atoms with Crippen molar-refractivity contribution in [2.45, 2.75) is 19.9 Å². The molecule has 0 fully saturated rings. The molecule has 0 saturated heterocycles. The van der Waals surface area contributed by atoms with Crippen LogP contribution in [0, 0.1) is 0 Å². The molecule has 0 saturated carbocycles. The van der Waals surface area contributed by atoms with Crippen molar-refractivity contribution in [2.24, 2.45) is 0 Å². The first-order valence-corrected chi connectivity index (χ1v) is 9.66. The van der Waals surface area contributed by atoms with E-state index in [1.165, 1.54) is 6.92 Å². The highest BCUT2D eigenvalue weighted by atomic mass is 32.2. The van der Waals surface area contributed by atoms with E-state index < -0.39 is 22.0 Å². The van der Waals surface area contributed by atoms with Gasteiger partial charge in [0.25, 0.3) is 0 Å². The Morgan fingerprint density at radius 1 is 1.04 bits per heavy atom. The second-order valence-electron chi connectivity index (χ2n) is 5.40. The zero-order valence-electron chi connectivity index (χ0n) is 14.4. The standard InChI is InChI=1S/C18H21NO5S/c1-4-23-18(20)14(2)19(25(3,21)22)15-10-12-17(13-11-15)24-16-8-6-5-7-9-16/h5-14H,4H2,1-3H3. The predicted molar refractivity (Wildman–Crippen MR) is 96.4 cm³/mol. The van der Waals surface area contributed by atoms with Crippen LogP contribution in [0.2, 0.25) is 0 Å². The number of nitrogens with zero attached hydrogens (tertiary/aromatic N) is 1. The maximum atomic E-state index is 12.1. The Morgan fingerprint density at radius 2 is 1.60 bits per heavy atom. The van der Waals surface area contributed by atoms with Crippen molar-refractivity contribution in [3.63, 3.8) is 0 Å². The van der Waals surface area contributed by atoms with Gasteiger partial charge in [0.2, 0.25) is 10.0 Å². The molecule has 25 heavy (non-hydrogen) atoms. The van der Waals surface area contributed by atoms with Gasteiger partial charge in [0.15, 0.2) is 0 Å². The number of para-hydroxylation sites is 1. The molecule has 134 valence electrons. The van der Waals surface area contributed by atoms with Crippen molar-refractivity contribution < 1.29 is 22.7 Å². The number of carbonyl (C=O) groups excluding carboxylic acids is 1. The Balaban J connectivity index is 2.25. The minimum atomic E-state index is -3.66. The van der Waals surface area contributed by atoms with E-state index in [1.807, 2.05) is 30.3 Å². The fourth-order valence-electron chi connectivity index (χ4n) is 2.35. The van der Waals surface area contributed by atoms with Crippen LogP contribution in [0.4, 0.5) is 5.69 Å². The maximum absolute atomic E-state index is 12.1. The summed E-state index contributed by atoms with van der Waals surface area (Å²) < 4.78 is 35.9. The van der Waals surface area contributed by atoms with Crippen LogP contribution in [-0.4, -0.2) is 33.3 Å². The largest absolute Gasteiger partial charge is 0.464 e. The molecule has 0 spiro atoms. The summed E-state index contributed by atoms with van der Waals surface area (Å²) in [6.45, 7) is 3.35. The van der Waals surface area contributed by atoms with Gasteiger partial charge in [-0.2, -0.15) is 0 Å². The number of anilines is 1. The van der Waals surface area contributed by atoms with E-state index in [1.54, 1.807) is 31.2 Å². The topological polar surface area (TPSA) is 72.9 Å². The molecule has 2 rings (SSSR count). The average Bonchev–Trinajstić information content (AvgIpc) is 2.56. The normalized spacial score (nSPS) is 12.3. The van der Waals surface area contributed by atoms with Gasteiger partial charge in [-0.15, -0.1) is 0 Å². The third-order valence-corrected chi connectivity index (χ3v) is 4.65. The van der Waals surface area contributed by atoms with Crippen molar-refractivity contribution in [1.29, 1.82) is 0 Å². The first-order valence-electron chi connectivity index (χ1n) is 7.82. The summed E-state index contributed by atoms with van der Waals surface area (Å²) in [5.74, 6) is 0.639. The molecule has 0 heterocycles. The van der Waals surface area contributed by atoms with Crippen LogP contribution < -0.4 is 9.04 Å². The highest BCUT2D eigenvalue weighted by Gasteiger charge is 2.30. The number of ether oxygens (including phenoxy) is 2. The monoisotopic (exact) mass is 363 g/mol. The lowest BCUT2D eigenvalue weighted by atomic mass is 10.2. The molecule has 0 aliphatic rings. The fourth-order valence-corrected chi connectivity index (χ4v) is 3.51. The lowest BCUT2D eigenvalue weighted by Gasteiger charge is -2.27. The van der Waals surface area contributed by atoms with Crippen molar-refractivity contribution in [1.82, 2.24) is 0 Å². The number of rotatable bonds is 7. The van der Waals surface area contributed by atoms with Crippen molar-refractivity contribution in [3.8, 4) is 11.5 Å². The van der Waals surface area contributed by atoms with Gasteiger partial charge in [-0.25, -0.2) is 13.2 Å². The zero-order chi connectivity index (χ0) is 18.4. The number of sulfonamides is 1. The minimum absolute atomic E-state index is 0.185. The summed E-state index contributed by atoms with van der Waals surface area (Å²) in [6, 6.07) is 14.8. The average molecular weight is 363 g/mol. The molecule has 2 aromatic rings. The summed E-state index contributed by atoms with van der Waals surface area (Å²) in [4.78, 5) is 12.0. The molecule has 0 N–H and O–H groups in total. The SMILES string of the molecule is CCOC(=O)C(C)N(c1ccc(Oc2ccccc2)cc1)S(C)(=O)=O. The maximum Gasteiger partial charge on any atom is 0.329 e. The number of esters is 1. The molecular weight excluding hydrogens is 342 g/mol. The number of hydrogen-bond donors (Lipinski definition) is 0. The first-order chi connectivity index (χ1) is 11.8. The molecule has 6 nitrogen and oxygen atoms in total. The van der Waals surface area contributed by atoms with Gasteiger partial charge in [-0.3, -0.25) is 4.31 Å². The van der Waals surface area contributed by atoms with Crippen LogP contribution in [0.3, 0.4) is 0 Å². The zero-order valence-corrected chi connectivity index (χ0v) is 15.2. The van der Waals surface area contributed by atoms with Crippen LogP contribution in [0.15, 0.2) is 54.6 Å². The Morgan fingerprint density at radius 3 is 2.12 bits per heavy atom.